The minimum Gasteiger partial charge on any atom is -0.381 e. The van der Waals surface area contributed by atoms with Crippen molar-refractivity contribution >= 4 is 16.9 Å². The zero-order chi connectivity index (χ0) is 14.1. The third-order valence-electron chi connectivity index (χ3n) is 3.94. The predicted octanol–water partition coefficient (Wildman–Crippen LogP) is 1.53. The molecule has 0 unspecified atom stereocenters. The lowest BCUT2D eigenvalue weighted by atomic mass is 10.1. The molecule has 1 saturated heterocycles. The minimum absolute atomic E-state index is 0.0100. The Balaban J connectivity index is 1.69. The third-order valence-corrected chi connectivity index (χ3v) is 3.94. The normalized spacial score (nSPS) is 18.6. The molecule has 1 aromatic heterocycles. The molecule has 5 heteroatoms. The van der Waals surface area contributed by atoms with Gasteiger partial charge in [0.05, 0.1) is 23.6 Å². The Kier molecular flexibility index (Phi) is 3.44. The topological polar surface area (TPSA) is 56.1 Å². The molecule has 1 aromatic carbocycles. The summed E-state index contributed by atoms with van der Waals surface area (Å²) >= 11 is 0. The first-order valence-corrected chi connectivity index (χ1v) is 6.92. The monoisotopic (exact) mass is 273 g/mol. The number of fused-ring (bicyclic) bond motifs is 1. The number of aryl methyl sites for hydroxylation is 2. The fourth-order valence-electron chi connectivity index (χ4n) is 2.55. The Morgan fingerprint density at radius 2 is 2.40 bits per heavy atom. The number of imidazole rings is 1. The van der Waals surface area contributed by atoms with Crippen LogP contribution in [-0.4, -0.2) is 28.7 Å². The fourth-order valence-corrected chi connectivity index (χ4v) is 2.55. The van der Waals surface area contributed by atoms with E-state index in [1.165, 1.54) is 0 Å². The highest BCUT2D eigenvalue weighted by molar-refractivity contribution is 5.79. The van der Waals surface area contributed by atoms with Gasteiger partial charge >= 0.3 is 0 Å². The molecular weight excluding hydrogens is 254 g/mol. The molecule has 1 aliphatic heterocycles. The van der Waals surface area contributed by atoms with E-state index in [2.05, 4.69) is 20.9 Å². The summed E-state index contributed by atoms with van der Waals surface area (Å²) in [5.41, 5.74) is 3.16. The highest BCUT2D eigenvalue weighted by Gasteiger charge is 2.22. The minimum atomic E-state index is 0.0100. The van der Waals surface area contributed by atoms with Crippen molar-refractivity contribution in [2.75, 3.05) is 13.2 Å². The van der Waals surface area contributed by atoms with Crippen molar-refractivity contribution in [1.29, 1.82) is 0 Å². The van der Waals surface area contributed by atoms with Crippen LogP contribution >= 0.6 is 0 Å². The van der Waals surface area contributed by atoms with Crippen molar-refractivity contribution in [1.82, 2.24) is 14.9 Å². The molecule has 2 aromatic rings. The summed E-state index contributed by atoms with van der Waals surface area (Å²) < 4.78 is 7.29. The lowest BCUT2D eigenvalue weighted by Crippen LogP contribution is -2.30. The molecule has 0 aliphatic carbocycles. The predicted molar refractivity (Wildman–Crippen MR) is 76.2 cm³/mol. The fraction of sp³-hybridized carbons (Fsp3) is 0.467. The van der Waals surface area contributed by atoms with E-state index in [9.17, 15) is 4.79 Å². The van der Waals surface area contributed by atoms with Crippen LogP contribution in [0.4, 0.5) is 0 Å². The van der Waals surface area contributed by atoms with Gasteiger partial charge in [-0.2, -0.15) is 0 Å². The zero-order valence-electron chi connectivity index (χ0n) is 11.8. The number of amides is 1. The van der Waals surface area contributed by atoms with Crippen molar-refractivity contribution in [3.05, 3.63) is 29.6 Å². The van der Waals surface area contributed by atoms with Gasteiger partial charge in [-0.3, -0.25) is 4.79 Å². The van der Waals surface area contributed by atoms with Crippen molar-refractivity contribution in [3.63, 3.8) is 0 Å². The molecule has 106 valence electrons. The zero-order valence-corrected chi connectivity index (χ0v) is 11.8. The van der Waals surface area contributed by atoms with Crippen molar-refractivity contribution in [3.8, 4) is 0 Å². The van der Waals surface area contributed by atoms with Gasteiger partial charge in [0.15, 0.2) is 0 Å². The van der Waals surface area contributed by atoms with Gasteiger partial charge < -0.3 is 14.6 Å². The molecule has 0 bridgehead atoms. The highest BCUT2D eigenvalue weighted by atomic mass is 16.5. The number of nitrogens with one attached hydrogen (secondary N) is 1. The van der Waals surface area contributed by atoms with Crippen molar-refractivity contribution in [2.24, 2.45) is 13.0 Å². The molecule has 2 heterocycles. The molecule has 3 rings (SSSR count). The van der Waals surface area contributed by atoms with E-state index < -0.39 is 0 Å². The summed E-state index contributed by atoms with van der Waals surface area (Å²) in [6, 6.07) is 6.12. The molecule has 1 N–H and O–H groups in total. The Hall–Kier alpha value is -1.88. The Labute approximate surface area is 117 Å². The number of benzene rings is 1. The van der Waals surface area contributed by atoms with Gasteiger partial charge in [0.1, 0.15) is 5.82 Å². The number of carbonyl (C=O) groups excluding carboxylic acids is 1. The van der Waals surface area contributed by atoms with Crippen LogP contribution in [0.25, 0.3) is 11.0 Å². The lowest BCUT2D eigenvalue weighted by Gasteiger charge is -2.09. The molecule has 0 saturated carbocycles. The van der Waals surface area contributed by atoms with Gasteiger partial charge in [0, 0.05) is 20.2 Å². The molecule has 1 fully saturated rings. The number of nitrogens with zero attached hydrogens (tertiary/aromatic N) is 2. The van der Waals surface area contributed by atoms with E-state index in [0.29, 0.717) is 19.8 Å². The quantitative estimate of drug-likeness (QED) is 0.922. The second-order valence-corrected chi connectivity index (χ2v) is 5.32. The van der Waals surface area contributed by atoms with Crippen LogP contribution in [0.1, 0.15) is 17.8 Å². The largest absolute Gasteiger partial charge is 0.381 e. The summed E-state index contributed by atoms with van der Waals surface area (Å²) in [4.78, 5) is 16.4. The standard InChI is InChI=1S/C15H19N3O2/c1-10-17-13-7-11(3-4-14(13)18(10)2)8-16-15(19)12-5-6-20-9-12/h3-4,7,12H,5-6,8-9H2,1-2H3,(H,16,19)/t12-/m1/s1. The van der Waals surface area contributed by atoms with Crippen molar-refractivity contribution < 1.29 is 9.53 Å². The first-order valence-electron chi connectivity index (χ1n) is 6.92. The molecular formula is C15H19N3O2. The molecule has 20 heavy (non-hydrogen) atoms. The molecule has 0 spiro atoms. The van der Waals surface area contributed by atoms with Gasteiger partial charge in [-0.15, -0.1) is 0 Å². The molecule has 1 aliphatic rings. The molecule has 1 atom stereocenters. The van der Waals surface area contributed by atoms with E-state index in [-0.39, 0.29) is 11.8 Å². The average Bonchev–Trinajstić information content (AvgIpc) is 3.06. The average molecular weight is 273 g/mol. The number of hydrogen-bond donors (Lipinski definition) is 1. The van der Waals surface area contributed by atoms with Gasteiger partial charge in [0.2, 0.25) is 5.91 Å². The Bertz CT molecular complexity index is 642. The van der Waals surface area contributed by atoms with Crippen LogP contribution < -0.4 is 5.32 Å². The second kappa shape index (κ2) is 5.25. The van der Waals surface area contributed by atoms with E-state index >= 15 is 0 Å². The summed E-state index contributed by atoms with van der Waals surface area (Å²) in [6.07, 6.45) is 0.824. The maximum Gasteiger partial charge on any atom is 0.225 e. The van der Waals surface area contributed by atoms with E-state index in [4.69, 9.17) is 4.74 Å². The molecule has 5 nitrogen and oxygen atoms in total. The van der Waals surface area contributed by atoms with Crippen LogP contribution in [0.2, 0.25) is 0 Å². The smallest absolute Gasteiger partial charge is 0.225 e. The van der Waals surface area contributed by atoms with Crippen LogP contribution in [0.3, 0.4) is 0 Å². The van der Waals surface area contributed by atoms with E-state index in [1.54, 1.807) is 0 Å². The van der Waals surface area contributed by atoms with Crippen LogP contribution in [0.15, 0.2) is 18.2 Å². The summed E-state index contributed by atoms with van der Waals surface area (Å²) in [5.74, 6) is 1.08. The molecule has 0 radical (unpaired) electrons. The molecule has 1 amide bonds. The van der Waals surface area contributed by atoms with Crippen LogP contribution in [0, 0.1) is 12.8 Å². The summed E-state index contributed by atoms with van der Waals surface area (Å²) in [5, 5.41) is 2.97. The first kappa shape index (κ1) is 13.1. The summed E-state index contributed by atoms with van der Waals surface area (Å²) in [6.45, 7) is 3.77. The SMILES string of the molecule is Cc1nc2cc(CNC(=O)[C@@H]3CCOC3)ccc2n1C. The van der Waals surface area contributed by atoms with Gasteiger partial charge in [-0.1, -0.05) is 6.07 Å². The third kappa shape index (κ3) is 2.41. The number of rotatable bonds is 3. The number of ether oxygens (including phenoxy) is 1. The summed E-state index contributed by atoms with van der Waals surface area (Å²) in [7, 11) is 2.01. The lowest BCUT2D eigenvalue weighted by molar-refractivity contribution is -0.125. The number of aromatic nitrogens is 2. The Morgan fingerprint density at radius 1 is 1.55 bits per heavy atom. The van der Waals surface area contributed by atoms with Crippen LogP contribution in [0.5, 0.6) is 0 Å². The van der Waals surface area contributed by atoms with E-state index in [1.807, 2.05) is 26.1 Å². The first-order chi connectivity index (χ1) is 9.65. The second-order valence-electron chi connectivity index (χ2n) is 5.32. The van der Waals surface area contributed by atoms with Gasteiger partial charge in [0.25, 0.3) is 0 Å². The maximum absolute atomic E-state index is 11.9. The Morgan fingerprint density at radius 3 is 3.15 bits per heavy atom. The van der Waals surface area contributed by atoms with Gasteiger partial charge in [-0.25, -0.2) is 4.98 Å². The van der Waals surface area contributed by atoms with Crippen LogP contribution in [-0.2, 0) is 23.1 Å². The van der Waals surface area contributed by atoms with Crippen molar-refractivity contribution in [2.45, 2.75) is 19.9 Å². The number of carbonyl (C=O) groups is 1. The maximum atomic E-state index is 11.9. The number of hydrogen-bond acceptors (Lipinski definition) is 3. The van der Waals surface area contributed by atoms with E-state index in [0.717, 1.165) is 28.8 Å². The van der Waals surface area contributed by atoms with Gasteiger partial charge in [-0.05, 0) is 31.0 Å². The highest BCUT2D eigenvalue weighted by Crippen LogP contribution is 2.17.